The maximum Gasteiger partial charge on any atom is 0.339 e. The smallest absolute Gasteiger partial charge is 0.339 e. The minimum absolute atomic E-state index is 0.218. The fourth-order valence-electron chi connectivity index (χ4n) is 2.78. The second-order valence-corrected chi connectivity index (χ2v) is 6.86. The van der Waals surface area contributed by atoms with Crippen LogP contribution in [-0.2, 0) is 4.74 Å². The molecule has 1 aliphatic rings. The Balaban J connectivity index is 1.89. The topological polar surface area (TPSA) is 105 Å². The van der Waals surface area contributed by atoms with Gasteiger partial charge in [-0.05, 0) is 36.8 Å². The van der Waals surface area contributed by atoms with Gasteiger partial charge in [-0.1, -0.05) is 24.9 Å². The predicted octanol–water partition coefficient (Wildman–Crippen LogP) is 4.46. The number of carbonyl (C=O) groups is 2. The van der Waals surface area contributed by atoms with Crippen molar-refractivity contribution in [3.05, 3.63) is 64.3 Å². The summed E-state index contributed by atoms with van der Waals surface area (Å²) in [5, 5.41) is 22.1. The molecule has 2 aromatic carbocycles. The first kappa shape index (κ1) is 20.7. The Bertz CT molecular complexity index is 972. The van der Waals surface area contributed by atoms with E-state index in [0.29, 0.717) is 28.6 Å². The first-order valence-electron chi connectivity index (χ1n) is 9.06. The molecule has 3 rings (SSSR count). The fourth-order valence-corrected chi connectivity index (χ4v) is 2.95. The van der Waals surface area contributed by atoms with Crippen LogP contribution in [0.5, 0.6) is 11.5 Å². The Hall–Kier alpha value is -3.03. The van der Waals surface area contributed by atoms with Crippen LogP contribution in [0.2, 0.25) is 5.02 Å². The Kier molecular flexibility index (Phi) is 6.41. The van der Waals surface area contributed by atoms with E-state index >= 15 is 0 Å². The van der Waals surface area contributed by atoms with E-state index in [0.717, 1.165) is 12.8 Å². The number of nitrogens with one attached hydrogen (secondary N) is 1. The largest absolute Gasteiger partial charge is 0.507 e. The van der Waals surface area contributed by atoms with E-state index in [4.69, 9.17) is 26.2 Å². The molecule has 0 aromatic heterocycles. The van der Waals surface area contributed by atoms with Gasteiger partial charge in [0.2, 0.25) is 12.1 Å². The second-order valence-electron chi connectivity index (χ2n) is 6.42. The van der Waals surface area contributed by atoms with E-state index in [1.54, 1.807) is 12.1 Å². The molecule has 0 radical (unpaired) electrons. The minimum atomic E-state index is -1.24. The van der Waals surface area contributed by atoms with Crippen LogP contribution in [0, 0.1) is 0 Å². The lowest BCUT2D eigenvalue weighted by Gasteiger charge is -2.27. The normalized spacial score (nSPS) is 17.0. The maximum atomic E-state index is 13.0. The lowest BCUT2D eigenvalue weighted by Crippen LogP contribution is -2.33. The number of rotatable bonds is 7. The average Bonchev–Trinajstić information content (AvgIpc) is 2.68. The summed E-state index contributed by atoms with van der Waals surface area (Å²) in [7, 11) is 0. The molecule has 0 spiro atoms. The molecule has 0 aliphatic carbocycles. The van der Waals surface area contributed by atoms with Gasteiger partial charge in [-0.15, -0.1) is 0 Å². The molecular weight excluding hydrogens is 398 g/mol. The van der Waals surface area contributed by atoms with E-state index < -0.39 is 12.3 Å². The number of carboxylic acids is 1. The number of hydrogen-bond donors (Lipinski definition) is 3. The number of phenols is 1. The highest BCUT2D eigenvalue weighted by Gasteiger charge is 2.33. The first-order chi connectivity index (χ1) is 13.9. The molecule has 0 saturated carbocycles. The Labute approximate surface area is 172 Å². The SMILES string of the molecule is CCCCO[C@@H]1Oc2ccc(Cl)cc2C(=O)/C1=C/Nc1ccc(C(=O)O)c(O)c1. The van der Waals surface area contributed by atoms with Crippen LogP contribution < -0.4 is 10.1 Å². The van der Waals surface area contributed by atoms with E-state index in [1.807, 2.05) is 6.92 Å². The third-order valence-electron chi connectivity index (χ3n) is 4.33. The molecule has 0 fully saturated rings. The summed E-state index contributed by atoms with van der Waals surface area (Å²) in [6.07, 6.45) is 2.27. The third kappa shape index (κ3) is 4.70. The molecule has 2 aromatic rings. The monoisotopic (exact) mass is 417 g/mol. The van der Waals surface area contributed by atoms with Crippen LogP contribution in [0.15, 0.2) is 48.2 Å². The van der Waals surface area contributed by atoms with Crippen molar-refractivity contribution in [2.75, 3.05) is 11.9 Å². The summed E-state index contributed by atoms with van der Waals surface area (Å²) in [5.74, 6) is -1.53. The molecule has 0 unspecified atom stereocenters. The van der Waals surface area contributed by atoms with Crippen molar-refractivity contribution in [3.63, 3.8) is 0 Å². The summed E-state index contributed by atoms with van der Waals surface area (Å²) in [4.78, 5) is 24.0. The number of unbranched alkanes of at least 4 members (excludes halogenated alkanes) is 1. The zero-order chi connectivity index (χ0) is 21.0. The summed E-state index contributed by atoms with van der Waals surface area (Å²) in [5.41, 5.74) is 0.740. The van der Waals surface area contributed by atoms with Crippen LogP contribution in [0.3, 0.4) is 0 Å². The molecule has 0 saturated heterocycles. The number of hydrogen-bond acceptors (Lipinski definition) is 6. The van der Waals surface area contributed by atoms with Gasteiger partial charge in [0.15, 0.2) is 0 Å². The van der Waals surface area contributed by atoms with Gasteiger partial charge >= 0.3 is 5.97 Å². The van der Waals surface area contributed by atoms with Crippen molar-refractivity contribution in [2.24, 2.45) is 0 Å². The van der Waals surface area contributed by atoms with Gasteiger partial charge in [0, 0.05) is 23.0 Å². The Morgan fingerprint density at radius 2 is 2.10 bits per heavy atom. The highest BCUT2D eigenvalue weighted by atomic mass is 35.5. The highest BCUT2D eigenvalue weighted by molar-refractivity contribution is 6.31. The van der Waals surface area contributed by atoms with Gasteiger partial charge in [-0.25, -0.2) is 4.79 Å². The number of fused-ring (bicyclic) bond motifs is 1. The van der Waals surface area contributed by atoms with Gasteiger partial charge in [-0.2, -0.15) is 0 Å². The van der Waals surface area contributed by atoms with Crippen molar-refractivity contribution in [1.29, 1.82) is 0 Å². The standard InChI is InChI=1S/C21H20ClNO6/c1-2-3-8-28-21-16(19(25)15-9-12(22)4-7-18(15)29-21)11-23-13-5-6-14(20(26)27)17(24)10-13/h4-7,9-11,21,23-24H,2-3,8H2,1H3,(H,26,27)/b16-11-/t21-/m1/s1. The number of aromatic carboxylic acids is 1. The van der Waals surface area contributed by atoms with Crippen molar-refractivity contribution >= 4 is 29.0 Å². The van der Waals surface area contributed by atoms with Gasteiger partial charge in [0.05, 0.1) is 17.7 Å². The number of carbonyl (C=O) groups excluding carboxylic acids is 1. The molecule has 7 nitrogen and oxygen atoms in total. The van der Waals surface area contributed by atoms with Crippen molar-refractivity contribution in [3.8, 4) is 11.5 Å². The Morgan fingerprint density at radius 3 is 2.79 bits per heavy atom. The number of ether oxygens (including phenoxy) is 2. The molecule has 0 amide bonds. The second kappa shape index (κ2) is 8.98. The molecule has 152 valence electrons. The fraction of sp³-hybridized carbons (Fsp3) is 0.238. The summed E-state index contributed by atoms with van der Waals surface area (Å²) in [6.45, 7) is 2.45. The number of ketones is 1. The number of Topliss-reactive ketones (excluding diaryl/α,β-unsaturated/α-hetero) is 1. The van der Waals surface area contributed by atoms with Crippen LogP contribution in [0.1, 0.15) is 40.5 Å². The third-order valence-corrected chi connectivity index (χ3v) is 4.56. The number of benzene rings is 2. The summed E-state index contributed by atoms with van der Waals surface area (Å²) < 4.78 is 11.6. The quantitative estimate of drug-likeness (QED) is 0.451. The molecule has 0 bridgehead atoms. The predicted molar refractivity (Wildman–Crippen MR) is 108 cm³/mol. The zero-order valence-corrected chi connectivity index (χ0v) is 16.4. The number of anilines is 1. The molecular formula is C21H20ClNO6. The van der Waals surface area contributed by atoms with Crippen molar-refractivity contribution in [1.82, 2.24) is 0 Å². The van der Waals surface area contributed by atoms with Gasteiger partial charge in [-0.3, -0.25) is 4.79 Å². The molecule has 3 N–H and O–H groups in total. The van der Waals surface area contributed by atoms with Crippen LogP contribution in [-0.4, -0.2) is 34.9 Å². The van der Waals surface area contributed by atoms with Crippen molar-refractivity contribution < 1.29 is 29.3 Å². The summed E-state index contributed by atoms with van der Waals surface area (Å²) in [6, 6.07) is 8.79. The lowest BCUT2D eigenvalue weighted by molar-refractivity contribution is -0.0570. The molecule has 8 heteroatoms. The zero-order valence-electron chi connectivity index (χ0n) is 15.6. The average molecular weight is 418 g/mol. The van der Waals surface area contributed by atoms with Gasteiger partial charge in [0.1, 0.15) is 17.1 Å². The molecule has 1 aliphatic heterocycles. The van der Waals surface area contributed by atoms with Gasteiger partial charge in [0.25, 0.3) is 0 Å². The lowest BCUT2D eigenvalue weighted by atomic mass is 10.00. The van der Waals surface area contributed by atoms with E-state index in [2.05, 4.69) is 5.32 Å². The van der Waals surface area contributed by atoms with Gasteiger partial charge < -0.3 is 25.0 Å². The van der Waals surface area contributed by atoms with Crippen molar-refractivity contribution in [2.45, 2.75) is 26.1 Å². The molecule has 1 atom stereocenters. The van der Waals surface area contributed by atoms with Crippen LogP contribution >= 0.6 is 11.6 Å². The maximum absolute atomic E-state index is 13.0. The minimum Gasteiger partial charge on any atom is -0.507 e. The summed E-state index contributed by atoms with van der Waals surface area (Å²) >= 11 is 6.01. The van der Waals surface area contributed by atoms with Crippen LogP contribution in [0.25, 0.3) is 0 Å². The number of carboxylic acid groups (broad SMARTS) is 1. The van der Waals surface area contributed by atoms with E-state index in [-0.39, 0.29) is 22.7 Å². The highest BCUT2D eigenvalue weighted by Crippen LogP contribution is 2.33. The van der Waals surface area contributed by atoms with E-state index in [1.165, 1.54) is 30.5 Å². The Morgan fingerprint density at radius 1 is 1.31 bits per heavy atom. The van der Waals surface area contributed by atoms with E-state index in [9.17, 15) is 14.7 Å². The van der Waals surface area contributed by atoms with Crippen LogP contribution in [0.4, 0.5) is 5.69 Å². The molecule has 29 heavy (non-hydrogen) atoms. The molecule has 1 heterocycles. The number of halogens is 1. The number of aromatic hydroxyl groups is 1. The first-order valence-corrected chi connectivity index (χ1v) is 9.44.